The summed E-state index contributed by atoms with van der Waals surface area (Å²) >= 11 is 0. The van der Waals surface area contributed by atoms with Crippen LogP contribution in [0, 0.1) is 0 Å². The molecule has 6 atom stereocenters. The number of carbonyl (C=O) groups is 4. The van der Waals surface area contributed by atoms with Crippen LogP contribution in [0.4, 0.5) is 0 Å². The third-order valence-corrected chi connectivity index (χ3v) is 15.7. The summed E-state index contributed by atoms with van der Waals surface area (Å²) in [5, 5.41) is 31.7. The molecule has 0 aromatic rings. The molecule has 0 spiro atoms. The zero-order chi connectivity index (χ0) is 61.7. The van der Waals surface area contributed by atoms with Crippen molar-refractivity contribution in [1.29, 1.82) is 0 Å². The number of carboxylic acid groups (broad SMARTS) is 1. The molecule has 12 heteroatoms. The molecule has 0 bridgehead atoms. The summed E-state index contributed by atoms with van der Waals surface area (Å²) in [7, 11) is 0. The largest absolute Gasteiger partial charge is 0.479 e. The third kappa shape index (κ3) is 49.8. The smallest absolute Gasteiger partial charge is 0.335 e. The van der Waals surface area contributed by atoms with Crippen molar-refractivity contribution in [2.75, 3.05) is 13.2 Å². The van der Waals surface area contributed by atoms with Gasteiger partial charge in [-0.25, -0.2) is 4.79 Å². The molecule has 490 valence electrons. The minimum Gasteiger partial charge on any atom is -0.479 e. The normalized spacial score (nSPS) is 17.9. The molecule has 85 heavy (non-hydrogen) atoms. The van der Waals surface area contributed by atoms with E-state index in [9.17, 15) is 34.5 Å². The maximum Gasteiger partial charge on any atom is 0.335 e. The molecule has 0 aromatic heterocycles. The van der Waals surface area contributed by atoms with E-state index in [1.807, 2.05) is 0 Å². The first-order valence-electron chi connectivity index (χ1n) is 34.9. The van der Waals surface area contributed by atoms with E-state index in [-0.39, 0.29) is 25.9 Å². The Hall–Kier alpha value is -3.84. The number of unbranched alkanes of at least 4 members (excludes halogenated alkanes) is 34. The van der Waals surface area contributed by atoms with E-state index >= 15 is 0 Å². The molecule has 1 saturated heterocycles. The van der Waals surface area contributed by atoms with Gasteiger partial charge in [-0.15, -0.1) is 0 Å². The Balaban J connectivity index is 2.64. The Labute approximate surface area is 518 Å². The van der Waals surface area contributed by atoms with E-state index in [1.165, 1.54) is 141 Å². The Morgan fingerprint density at radius 2 is 0.741 bits per heavy atom. The minimum absolute atomic E-state index is 0.0481. The van der Waals surface area contributed by atoms with Crippen molar-refractivity contribution < 1.29 is 58.2 Å². The van der Waals surface area contributed by atoms with Crippen molar-refractivity contribution in [2.45, 2.75) is 353 Å². The maximum atomic E-state index is 13.2. The van der Waals surface area contributed by atoms with E-state index in [0.717, 1.165) is 116 Å². The Kier molecular flexibility index (Phi) is 56.3. The number of rotatable bonds is 60. The average molecular weight is 1200 g/mol. The van der Waals surface area contributed by atoms with Crippen molar-refractivity contribution in [3.8, 4) is 0 Å². The van der Waals surface area contributed by atoms with Crippen LogP contribution in [0.3, 0.4) is 0 Å². The average Bonchev–Trinajstić information content (AvgIpc) is 2.83. The van der Waals surface area contributed by atoms with Crippen LogP contribution in [0.2, 0.25) is 0 Å². The highest BCUT2D eigenvalue weighted by atomic mass is 16.7. The topological polar surface area (TPSA) is 175 Å². The second-order valence-electron chi connectivity index (χ2n) is 23.8. The van der Waals surface area contributed by atoms with Gasteiger partial charge in [0, 0.05) is 19.3 Å². The Bertz CT molecular complexity index is 1750. The highest BCUT2D eigenvalue weighted by molar-refractivity contribution is 5.74. The summed E-state index contributed by atoms with van der Waals surface area (Å²) < 4.78 is 28.6. The van der Waals surface area contributed by atoms with E-state index in [1.54, 1.807) is 0 Å². The monoisotopic (exact) mass is 1190 g/mol. The van der Waals surface area contributed by atoms with Gasteiger partial charge in [0.2, 0.25) is 0 Å². The lowest BCUT2D eigenvalue weighted by atomic mass is 9.98. The number of carbonyl (C=O) groups excluding carboxylic acids is 3. The molecule has 0 amide bonds. The van der Waals surface area contributed by atoms with Crippen LogP contribution in [0.1, 0.15) is 316 Å². The lowest BCUT2D eigenvalue weighted by Crippen LogP contribution is -2.61. The molecular formula is C73H126O12. The van der Waals surface area contributed by atoms with Crippen LogP contribution in [-0.2, 0) is 42.9 Å². The van der Waals surface area contributed by atoms with E-state index in [4.69, 9.17) is 23.7 Å². The van der Waals surface area contributed by atoms with Gasteiger partial charge in [0.05, 0.1) is 6.61 Å². The number of hydrogen-bond donors (Lipinski definition) is 3. The summed E-state index contributed by atoms with van der Waals surface area (Å²) in [6, 6.07) is 0. The van der Waals surface area contributed by atoms with Crippen molar-refractivity contribution in [2.24, 2.45) is 0 Å². The zero-order valence-corrected chi connectivity index (χ0v) is 54.3. The molecule has 1 heterocycles. The fraction of sp³-hybridized carbons (Fsp3) is 0.781. The number of carboxylic acids is 1. The number of aliphatic carboxylic acids is 1. The van der Waals surface area contributed by atoms with Crippen LogP contribution in [0.15, 0.2) is 72.9 Å². The second kappa shape index (κ2) is 60.4. The minimum atomic E-state index is -1.91. The first-order valence-corrected chi connectivity index (χ1v) is 34.9. The van der Waals surface area contributed by atoms with Crippen molar-refractivity contribution in [1.82, 2.24) is 0 Å². The molecule has 12 nitrogen and oxygen atoms in total. The molecule has 0 aliphatic carbocycles. The van der Waals surface area contributed by atoms with Crippen molar-refractivity contribution >= 4 is 23.9 Å². The fourth-order valence-corrected chi connectivity index (χ4v) is 10.4. The van der Waals surface area contributed by atoms with Crippen LogP contribution in [0.5, 0.6) is 0 Å². The molecule has 1 aliphatic rings. The summed E-state index contributed by atoms with van der Waals surface area (Å²) in [6.45, 7) is 5.90. The Morgan fingerprint density at radius 3 is 1.16 bits per heavy atom. The SMILES string of the molecule is CC/C=C\C/C=C\C/C=C\CCCCCCCCCC(=O)OC1C(OCC(COC(=O)CCCCCCCCCCC/C=C\C/C=C\CCCCC)OC(=O)CCCCCCCCCCC/C=C\CCCCCCCC)OC(C(=O)O)C(O)C1O. The molecular weight excluding hydrogens is 1070 g/mol. The van der Waals surface area contributed by atoms with E-state index < -0.39 is 67.3 Å². The first-order chi connectivity index (χ1) is 41.6. The maximum absolute atomic E-state index is 13.2. The predicted molar refractivity (Wildman–Crippen MR) is 349 cm³/mol. The second-order valence-corrected chi connectivity index (χ2v) is 23.8. The van der Waals surface area contributed by atoms with Gasteiger partial charge in [0.1, 0.15) is 18.8 Å². The molecule has 1 fully saturated rings. The lowest BCUT2D eigenvalue weighted by Gasteiger charge is -2.40. The summed E-state index contributed by atoms with van der Waals surface area (Å²) in [5.74, 6) is -3.12. The molecule has 3 N–H and O–H groups in total. The quantitative estimate of drug-likeness (QED) is 0.0228. The number of hydrogen-bond acceptors (Lipinski definition) is 11. The highest BCUT2D eigenvalue weighted by Gasteiger charge is 2.50. The number of aliphatic hydroxyl groups excluding tert-OH is 2. The van der Waals surface area contributed by atoms with Crippen LogP contribution in [-0.4, -0.2) is 89.2 Å². The van der Waals surface area contributed by atoms with Crippen LogP contribution < -0.4 is 0 Å². The molecule has 0 saturated carbocycles. The van der Waals surface area contributed by atoms with Crippen LogP contribution >= 0.6 is 0 Å². The number of aliphatic hydroxyl groups is 2. The molecule has 6 unspecified atom stereocenters. The highest BCUT2D eigenvalue weighted by Crippen LogP contribution is 2.27. The number of allylic oxidation sites excluding steroid dienone is 12. The van der Waals surface area contributed by atoms with Gasteiger partial charge in [0.15, 0.2) is 24.6 Å². The van der Waals surface area contributed by atoms with E-state index in [0.29, 0.717) is 19.3 Å². The third-order valence-electron chi connectivity index (χ3n) is 15.7. The molecule has 0 aromatic carbocycles. The summed E-state index contributed by atoms with van der Waals surface area (Å²) in [4.78, 5) is 51.5. The Morgan fingerprint density at radius 1 is 0.400 bits per heavy atom. The first kappa shape index (κ1) is 79.2. The van der Waals surface area contributed by atoms with Crippen LogP contribution in [0.25, 0.3) is 0 Å². The fourth-order valence-electron chi connectivity index (χ4n) is 10.4. The summed E-state index contributed by atoms with van der Waals surface area (Å²) in [5.41, 5.74) is 0. The number of ether oxygens (including phenoxy) is 5. The van der Waals surface area contributed by atoms with Gasteiger partial charge >= 0.3 is 23.9 Å². The summed E-state index contributed by atoms with van der Waals surface area (Å²) in [6.07, 6.45) is 65.6. The van der Waals surface area contributed by atoms with Gasteiger partial charge in [-0.1, -0.05) is 261 Å². The van der Waals surface area contributed by atoms with Gasteiger partial charge in [-0.3, -0.25) is 14.4 Å². The number of esters is 3. The van der Waals surface area contributed by atoms with Crippen molar-refractivity contribution in [3.05, 3.63) is 72.9 Å². The van der Waals surface area contributed by atoms with Gasteiger partial charge in [-0.2, -0.15) is 0 Å². The van der Waals surface area contributed by atoms with Crippen molar-refractivity contribution in [3.63, 3.8) is 0 Å². The zero-order valence-electron chi connectivity index (χ0n) is 54.3. The predicted octanol–water partition coefficient (Wildman–Crippen LogP) is 19.2. The van der Waals surface area contributed by atoms with Gasteiger partial charge < -0.3 is 39.0 Å². The molecule has 0 radical (unpaired) electrons. The molecule has 1 aliphatic heterocycles. The standard InChI is InChI=1S/C73H126O12/c1-4-7-10-13-16-19-22-25-28-31-33-36-38-41-44-47-50-53-56-59-65(74)81-62-64(83-66(75)60-57-54-51-48-45-42-40-37-34-32-29-26-23-20-17-14-11-8-5-2)63-82-73-71(69(78)68(77)70(85-73)72(79)80)84-67(76)61-58-55-52-49-46-43-39-35-30-27-24-21-18-15-12-9-6-3/h9,12,16,18-19,21,25-30,64,68-71,73,77-78H,4-8,10-11,13-15,17,20,22-24,31-63H2,1-3H3,(H,79,80)/b12-9-,19-16-,21-18-,28-25-,29-26-,30-27-. The van der Waals surface area contributed by atoms with Gasteiger partial charge in [-0.05, 0) is 109 Å². The van der Waals surface area contributed by atoms with E-state index in [2.05, 4.69) is 93.7 Å². The lowest BCUT2D eigenvalue weighted by molar-refractivity contribution is -0.301. The molecule has 1 rings (SSSR count). The van der Waals surface area contributed by atoms with Gasteiger partial charge in [0.25, 0.3) is 0 Å².